The number of rotatable bonds is 1. The Hall–Kier alpha value is -0.740. The van der Waals surface area contributed by atoms with Crippen LogP contribution in [0.15, 0.2) is 18.2 Å². The van der Waals surface area contributed by atoms with Crippen molar-refractivity contribution in [2.24, 2.45) is 0 Å². The van der Waals surface area contributed by atoms with Crippen LogP contribution in [0.25, 0.3) is 0 Å². The van der Waals surface area contributed by atoms with Crippen molar-refractivity contribution in [2.45, 2.75) is 25.1 Å². The highest BCUT2D eigenvalue weighted by molar-refractivity contribution is 6.31. The molecule has 1 atom stereocenters. The largest absolute Gasteiger partial charge is 0.417 e. The summed E-state index contributed by atoms with van der Waals surface area (Å²) in [4.78, 5) is 0. The van der Waals surface area contributed by atoms with E-state index in [1.165, 1.54) is 6.07 Å². The third-order valence-corrected chi connectivity index (χ3v) is 3.09. The lowest BCUT2D eigenvalue weighted by Gasteiger charge is -2.14. The molecule has 0 radical (unpaired) electrons. The van der Waals surface area contributed by atoms with E-state index in [1.807, 2.05) is 0 Å². The van der Waals surface area contributed by atoms with Crippen molar-refractivity contribution in [1.29, 1.82) is 0 Å². The highest BCUT2D eigenvalue weighted by atomic mass is 35.5. The molecular weight excluding hydrogens is 239 g/mol. The second-order valence-corrected chi connectivity index (χ2v) is 4.29. The Morgan fingerprint density at radius 2 is 2.06 bits per heavy atom. The molecule has 16 heavy (non-hydrogen) atoms. The standard InChI is InChI=1S/C11H11ClF3N/c12-9-4-3-7(10-2-1-5-16-10)6-8(9)11(13,14)15/h3-4,6,10,16H,1-2,5H2/t10-/m0/s1. The normalized spacial score (nSPS) is 21.4. The molecule has 1 saturated heterocycles. The van der Waals surface area contributed by atoms with Crippen molar-refractivity contribution in [3.8, 4) is 0 Å². The first-order valence-electron chi connectivity index (χ1n) is 5.08. The molecule has 1 aliphatic heterocycles. The van der Waals surface area contributed by atoms with Gasteiger partial charge in [-0.05, 0) is 37.1 Å². The van der Waals surface area contributed by atoms with Gasteiger partial charge < -0.3 is 5.32 Å². The summed E-state index contributed by atoms with van der Waals surface area (Å²) < 4.78 is 37.8. The van der Waals surface area contributed by atoms with Gasteiger partial charge in [0.2, 0.25) is 0 Å². The number of benzene rings is 1. The van der Waals surface area contributed by atoms with Crippen molar-refractivity contribution < 1.29 is 13.2 Å². The Morgan fingerprint density at radius 3 is 2.62 bits per heavy atom. The zero-order chi connectivity index (χ0) is 11.8. The van der Waals surface area contributed by atoms with Crippen LogP contribution >= 0.6 is 11.6 Å². The van der Waals surface area contributed by atoms with Crippen molar-refractivity contribution >= 4 is 11.6 Å². The van der Waals surface area contributed by atoms with Crippen molar-refractivity contribution in [3.05, 3.63) is 34.3 Å². The minimum Gasteiger partial charge on any atom is -0.310 e. The molecule has 0 unspecified atom stereocenters. The number of alkyl halides is 3. The van der Waals surface area contributed by atoms with Gasteiger partial charge in [0.05, 0.1) is 10.6 Å². The van der Waals surface area contributed by atoms with Crippen LogP contribution in [-0.2, 0) is 6.18 Å². The molecule has 1 aromatic carbocycles. The second kappa shape index (κ2) is 4.26. The van der Waals surface area contributed by atoms with Gasteiger partial charge in [-0.15, -0.1) is 0 Å². The van der Waals surface area contributed by atoms with Gasteiger partial charge in [0.25, 0.3) is 0 Å². The molecule has 0 amide bonds. The lowest BCUT2D eigenvalue weighted by atomic mass is 10.0. The lowest BCUT2D eigenvalue weighted by molar-refractivity contribution is -0.137. The van der Waals surface area contributed by atoms with Crippen LogP contribution in [0.3, 0.4) is 0 Å². The molecule has 1 aliphatic rings. The van der Waals surface area contributed by atoms with E-state index >= 15 is 0 Å². The van der Waals surface area contributed by atoms with Crippen LogP contribution in [0.2, 0.25) is 5.02 Å². The van der Waals surface area contributed by atoms with Crippen LogP contribution in [0.1, 0.15) is 30.0 Å². The van der Waals surface area contributed by atoms with Crippen LogP contribution in [0, 0.1) is 0 Å². The van der Waals surface area contributed by atoms with Gasteiger partial charge in [-0.1, -0.05) is 17.7 Å². The Morgan fingerprint density at radius 1 is 1.31 bits per heavy atom. The number of hydrogen-bond acceptors (Lipinski definition) is 1. The van der Waals surface area contributed by atoms with E-state index in [1.54, 1.807) is 6.07 Å². The van der Waals surface area contributed by atoms with Gasteiger partial charge in [-0.3, -0.25) is 0 Å². The van der Waals surface area contributed by atoms with E-state index in [9.17, 15) is 13.2 Å². The molecule has 1 aromatic rings. The van der Waals surface area contributed by atoms with Crippen molar-refractivity contribution in [3.63, 3.8) is 0 Å². The first kappa shape index (κ1) is 11.7. The summed E-state index contributed by atoms with van der Waals surface area (Å²) in [6.07, 6.45) is -2.51. The van der Waals surface area contributed by atoms with Gasteiger partial charge in [0.15, 0.2) is 0 Å². The molecule has 5 heteroatoms. The number of halogens is 4. The molecule has 0 saturated carbocycles. The molecular formula is C11H11ClF3N. The third kappa shape index (κ3) is 2.33. The van der Waals surface area contributed by atoms with Gasteiger partial charge in [0.1, 0.15) is 0 Å². The van der Waals surface area contributed by atoms with Crippen LogP contribution in [0.4, 0.5) is 13.2 Å². The van der Waals surface area contributed by atoms with E-state index in [-0.39, 0.29) is 11.1 Å². The number of hydrogen-bond donors (Lipinski definition) is 1. The molecule has 88 valence electrons. The molecule has 0 bridgehead atoms. The molecule has 2 rings (SSSR count). The molecule has 0 aliphatic carbocycles. The minimum absolute atomic E-state index is 0.0263. The quantitative estimate of drug-likeness (QED) is 0.799. The van der Waals surface area contributed by atoms with E-state index < -0.39 is 11.7 Å². The van der Waals surface area contributed by atoms with Gasteiger partial charge >= 0.3 is 6.18 Å². The average Bonchev–Trinajstić information content (AvgIpc) is 2.69. The lowest BCUT2D eigenvalue weighted by Crippen LogP contribution is -2.14. The topological polar surface area (TPSA) is 12.0 Å². The molecule has 1 nitrogen and oxygen atoms in total. The Kier molecular flexibility index (Phi) is 3.13. The fraction of sp³-hybridized carbons (Fsp3) is 0.455. The molecule has 0 aromatic heterocycles. The molecule has 0 spiro atoms. The van der Waals surface area contributed by atoms with Crippen molar-refractivity contribution in [2.75, 3.05) is 6.54 Å². The molecule has 1 heterocycles. The summed E-state index contributed by atoms with van der Waals surface area (Å²) in [6, 6.07) is 4.14. The summed E-state index contributed by atoms with van der Waals surface area (Å²) in [5, 5.41) is 2.92. The second-order valence-electron chi connectivity index (χ2n) is 3.89. The minimum atomic E-state index is -4.38. The van der Waals surface area contributed by atoms with Crippen LogP contribution in [0.5, 0.6) is 0 Å². The molecule has 1 N–H and O–H groups in total. The highest BCUT2D eigenvalue weighted by Crippen LogP contribution is 2.37. The zero-order valence-corrected chi connectivity index (χ0v) is 9.20. The monoisotopic (exact) mass is 249 g/mol. The first-order chi connectivity index (χ1) is 7.48. The SMILES string of the molecule is FC(F)(F)c1cc([C@@H]2CCCN2)ccc1Cl. The highest BCUT2D eigenvalue weighted by Gasteiger charge is 2.34. The van der Waals surface area contributed by atoms with Gasteiger partial charge in [0, 0.05) is 6.04 Å². The maximum absolute atomic E-state index is 12.6. The summed E-state index contributed by atoms with van der Waals surface area (Å²) in [7, 11) is 0. The maximum atomic E-state index is 12.6. The summed E-state index contributed by atoms with van der Waals surface area (Å²) >= 11 is 5.55. The van der Waals surface area contributed by atoms with E-state index in [0.29, 0.717) is 5.56 Å². The van der Waals surface area contributed by atoms with E-state index in [0.717, 1.165) is 25.5 Å². The third-order valence-electron chi connectivity index (χ3n) is 2.76. The fourth-order valence-corrected chi connectivity index (χ4v) is 2.17. The fourth-order valence-electron chi connectivity index (χ4n) is 1.95. The Labute approximate surface area is 96.6 Å². The summed E-state index contributed by atoms with van der Waals surface area (Å²) in [5.74, 6) is 0. The van der Waals surface area contributed by atoms with E-state index in [2.05, 4.69) is 5.32 Å². The summed E-state index contributed by atoms with van der Waals surface area (Å²) in [5.41, 5.74) is -0.0883. The number of nitrogens with one attached hydrogen (secondary N) is 1. The van der Waals surface area contributed by atoms with Gasteiger partial charge in [-0.2, -0.15) is 13.2 Å². The predicted molar refractivity (Wildman–Crippen MR) is 56.4 cm³/mol. The van der Waals surface area contributed by atoms with Crippen molar-refractivity contribution in [1.82, 2.24) is 5.32 Å². The van der Waals surface area contributed by atoms with E-state index in [4.69, 9.17) is 11.6 Å². The Balaban J connectivity index is 2.35. The smallest absolute Gasteiger partial charge is 0.310 e. The Bertz CT molecular complexity index is 383. The summed E-state index contributed by atoms with van der Waals surface area (Å²) in [6.45, 7) is 0.856. The molecule has 1 fully saturated rings. The zero-order valence-electron chi connectivity index (χ0n) is 8.44. The first-order valence-corrected chi connectivity index (χ1v) is 5.46. The van der Waals surface area contributed by atoms with Crippen LogP contribution in [-0.4, -0.2) is 6.54 Å². The maximum Gasteiger partial charge on any atom is 0.417 e. The van der Waals surface area contributed by atoms with Crippen LogP contribution < -0.4 is 5.32 Å². The predicted octanol–water partition coefficient (Wildman–Crippen LogP) is 3.78. The average molecular weight is 250 g/mol. The van der Waals surface area contributed by atoms with Gasteiger partial charge in [-0.25, -0.2) is 0 Å².